The molecule has 0 aliphatic carbocycles. The van der Waals surface area contributed by atoms with Gasteiger partial charge in [0.05, 0.1) is 0 Å². The van der Waals surface area contributed by atoms with Crippen LogP contribution in [0.4, 0.5) is 5.69 Å². The molecular weight excluding hydrogens is 493 g/mol. The van der Waals surface area contributed by atoms with E-state index in [1.54, 1.807) is 0 Å². The number of para-hydroxylation sites is 1. The number of hydrogen-bond donors (Lipinski definition) is 0. The highest BCUT2D eigenvalue weighted by atomic mass is 15.1. The molecule has 0 atom stereocenters. The van der Waals surface area contributed by atoms with E-state index in [-0.39, 0.29) is 6.71 Å². The summed E-state index contributed by atoms with van der Waals surface area (Å²) in [6.45, 7) is 2.17. The van der Waals surface area contributed by atoms with E-state index in [0.717, 1.165) is 0 Å². The first-order valence-electron chi connectivity index (χ1n) is 14.3. The maximum atomic E-state index is 2.37. The fourth-order valence-corrected chi connectivity index (χ4v) is 5.88. The summed E-state index contributed by atoms with van der Waals surface area (Å²) in [5.41, 5.74) is 11.2. The Bertz CT molecular complexity index is 1800. The van der Waals surface area contributed by atoms with Crippen molar-refractivity contribution in [2.24, 2.45) is 0 Å². The van der Waals surface area contributed by atoms with Gasteiger partial charge in [0.2, 0.25) is 6.71 Å². The third-order valence-corrected chi connectivity index (χ3v) is 7.88. The van der Waals surface area contributed by atoms with Gasteiger partial charge in [-0.25, -0.2) is 0 Å². The largest absolute Gasteiger partial charge is 0.377 e. The first-order chi connectivity index (χ1) is 20.1. The second-order valence-electron chi connectivity index (χ2n) is 10.9. The Morgan fingerprint density at radius 2 is 1.10 bits per heavy atom. The molecule has 1 nitrogen and oxygen atoms in total. The van der Waals surface area contributed by atoms with Gasteiger partial charge in [0.1, 0.15) is 0 Å². The summed E-state index contributed by atoms with van der Waals surface area (Å²) < 4.78 is 0. The standard InChI is InChI=1S/C39H34BN/c1-29-22-26-35(27-23-29)40(34-18-8-5-9-19-34)39(33-25-24-30-14-10-11-17-32(30)28-33)38(31-15-6-4-7-16-31)36-20-12-13-21-37(36)41(2)3/h4-28H,1-3H3/b39-38-. The van der Waals surface area contributed by atoms with Gasteiger partial charge in [-0.15, -0.1) is 0 Å². The number of anilines is 1. The Hall–Kier alpha value is -4.82. The number of benzene rings is 6. The highest BCUT2D eigenvalue weighted by Gasteiger charge is 2.30. The van der Waals surface area contributed by atoms with Gasteiger partial charge in [0.15, 0.2) is 0 Å². The van der Waals surface area contributed by atoms with E-state index in [4.69, 9.17) is 0 Å². The minimum atomic E-state index is 0.0170. The van der Waals surface area contributed by atoms with Crippen LogP contribution in [0.2, 0.25) is 0 Å². The van der Waals surface area contributed by atoms with Gasteiger partial charge < -0.3 is 4.90 Å². The topological polar surface area (TPSA) is 3.24 Å². The summed E-state index contributed by atoms with van der Waals surface area (Å²) in [4.78, 5) is 2.22. The summed E-state index contributed by atoms with van der Waals surface area (Å²) in [5.74, 6) is 0. The second kappa shape index (κ2) is 11.7. The van der Waals surface area contributed by atoms with E-state index in [1.165, 1.54) is 60.7 Å². The molecule has 0 spiro atoms. The molecule has 0 fully saturated rings. The average molecular weight is 528 g/mol. The van der Waals surface area contributed by atoms with Crippen LogP contribution in [0.1, 0.15) is 22.3 Å². The summed E-state index contributed by atoms with van der Waals surface area (Å²) >= 11 is 0. The summed E-state index contributed by atoms with van der Waals surface area (Å²) in [6.07, 6.45) is 0. The molecule has 198 valence electrons. The lowest BCUT2D eigenvalue weighted by molar-refractivity contribution is 1.13. The summed E-state index contributed by atoms with van der Waals surface area (Å²) in [5, 5.41) is 2.49. The predicted molar refractivity (Wildman–Crippen MR) is 180 cm³/mol. The van der Waals surface area contributed by atoms with Crippen LogP contribution in [0.15, 0.2) is 152 Å². The molecule has 0 aliphatic heterocycles. The molecule has 0 saturated carbocycles. The molecule has 6 rings (SSSR count). The van der Waals surface area contributed by atoms with Gasteiger partial charge in [-0.1, -0.05) is 161 Å². The van der Waals surface area contributed by atoms with Gasteiger partial charge in [-0.3, -0.25) is 0 Å². The summed E-state index contributed by atoms with van der Waals surface area (Å²) in [6, 6.07) is 55.3. The van der Waals surface area contributed by atoms with Crippen molar-refractivity contribution >= 4 is 45.1 Å². The van der Waals surface area contributed by atoms with Crippen LogP contribution < -0.4 is 15.8 Å². The van der Waals surface area contributed by atoms with Crippen molar-refractivity contribution in [2.45, 2.75) is 6.92 Å². The lowest BCUT2D eigenvalue weighted by Gasteiger charge is -2.27. The van der Waals surface area contributed by atoms with E-state index in [1.807, 2.05) is 0 Å². The van der Waals surface area contributed by atoms with Crippen LogP contribution in [0.5, 0.6) is 0 Å². The van der Waals surface area contributed by atoms with Crippen LogP contribution in [0, 0.1) is 6.92 Å². The molecule has 0 N–H and O–H groups in total. The van der Waals surface area contributed by atoms with E-state index in [2.05, 4.69) is 178 Å². The van der Waals surface area contributed by atoms with Crippen LogP contribution in [0.25, 0.3) is 21.8 Å². The zero-order valence-corrected chi connectivity index (χ0v) is 24.0. The van der Waals surface area contributed by atoms with Gasteiger partial charge >= 0.3 is 0 Å². The smallest absolute Gasteiger partial charge is 0.242 e. The molecule has 6 aromatic rings. The Kier molecular flexibility index (Phi) is 7.56. The molecule has 41 heavy (non-hydrogen) atoms. The molecule has 0 aliphatic rings. The Morgan fingerprint density at radius 3 is 1.80 bits per heavy atom. The first-order valence-corrected chi connectivity index (χ1v) is 14.3. The van der Waals surface area contributed by atoms with E-state index >= 15 is 0 Å². The highest BCUT2D eigenvalue weighted by molar-refractivity contribution is 7.01. The van der Waals surface area contributed by atoms with Crippen molar-refractivity contribution < 1.29 is 0 Å². The molecule has 0 saturated heterocycles. The van der Waals surface area contributed by atoms with E-state index in [0.29, 0.717) is 0 Å². The van der Waals surface area contributed by atoms with Crippen LogP contribution in [-0.2, 0) is 0 Å². The SMILES string of the molecule is Cc1ccc(B(/C(=C(/c2ccccc2)c2ccccc2N(C)C)c2ccc3ccccc3c2)c2ccccc2)cc1. The van der Waals surface area contributed by atoms with Crippen molar-refractivity contribution in [2.75, 3.05) is 19.0 Å². The Balaban J connectivity index is 1.79. The van der Waals surface area contributed by atoms with Crippen LogP contribution in [-0.4, -0.2) is 20.8 Å². The molecule has 0 radical (unpaired) electrons. The quantitative estimate of drug-likeness (QED) is 0.150. The number of hydrogen-bond acceptors (Lipinski definition) is 1. The fraction of sp³-hybridized carbons (Fsp3) is 0.0769. The maximum Gasteiger partial charge on any atom is 0.242 e. The zero-order chi connectivity index (χ0) is 28.2. The molecule has 0 unspecified atom stereocenters. The molecule has 6 aromatic carbocycles. The molecule has 0 heterocycles. The minimum Gasteiger partial charge on any atom is -0.377 e. The van der Waals surface area contributed by atoms with Crippen LogP contribution >= 0.6 is 0 Å². The average Bonchev–Trinajstić information content (AvgIpc) is 3.02. The highest BCUT2D eigenvalue weighted by Crippen LogP contribution is 2.39. The van der Waals surface area contributed by atoms with Crippen molar-refractivity contribution in [3.05, 3.63) is 174 Å². The van der Waals surface area contributed by atoms with Gasteiger partial charge in [-0.2, -0.15) is 0 Å². The van der Waals surface area contributed by atoms with Crippen molar-refractivity contribution in [1.82, 2.24) is 0 Å². The normalized spacial score (nSPS) is 11.7. The number of fused-ring (bicyclic) bond motifs is 1. The first kappa shape index (κ1) is 26.4. The molecular formula is C39H34BN. The maximum absolute atomic E-state index is 2.37. The predicted octanol–water partition coefficient (Wildman–Crippen LogP) is 8.02. The lowest BCUT2D eigenvalue weighted by atomic mass is 9.34. The van der Waals surface area contributed by atoms with Gasteiger partial charge in [0.25, 0.3) is 0 Å². The fourth-order valence-electron chi connectivity index (χ4n) is 5.88. The molecule has 0 amide bonds. The molecule has 2 heteroatoms. The van der Waals surface area contributed by atoms with Crippen molar-refractivity contribution in [1.29, 1.82) is 0 Å². The van der Waals surface area contributed by atoms with E-state index in [9.17, 15) is 0 Å². The van der Waals surface area contributed by atoms with Crippen molar-refractivity contribution in [3.63, 3.8) is 0 Å². The van der Waals surface area contributed by atoms with E-state index < -0.39 is 0 Å². The third-order valence-electron chi connectivity index (χ3n) is 7.88. The monoisotopic (exact) mass is 527 g/mol. The Morgan fingerprint density at radius 1 is 0.512 bits per heavy atom. The number of nitrogens with zero attached hydrogens (tertiary/aromatic N) is 1. The number of rotatable bonds is 7. The molecule has 0 bridgehead atoms. The lowest BCUT2D eigenvalue weighted by Crippen LogP contribution is -2.44. The van der Waals surface area contributed by atoms with Crippen molar-refractivity contribution in [3.8, 4) is 0 Å². The summed E-state index contributed by atoms with van der Waals surface area (Å²) in [7, 11) is 4.26. The van der Waals surface area contributed by atoms with Gasteiger partial charge in [0, 0.05) is 25.3 Å². The minimum absolute atomic E-state index is 0.0170. The second-order valence-corrected chi connectivity index (χ2v) is 10.9. The van der Waals surface area contributed by atoms with Crippen LogP contribution in [0.3, 0.4) is 0 Å². The van der Waals surface area contributed by atoms with Gasteiger partial charge in [-0.05, 0) is 46.5 Å². The molecule has 0 aromatic heterocycles. The zero-order valence-electron chi connectivity index (χ0n) is 24.0. The Labute approximate surface area is 244 Å². The third kappa shape index (κ3) is 5.47. The number of aryl methyl sites for hydroxylation is 1.